The summed E-state index contributed by atoms with van der Waals surface area (Å²) in [5, 5.41) is 0. The van der Waals surface area contributed by atoms with E-state index in [1.54, 1.807) is 7.11 Å². The van der Waals surface area contributed by atoms with Gasteiger partial charge in [-0.25, -0.2) is 0 Å². The molecule has 27 heavy (non-hydrogen) atoms. The van der Waals surface area contributed by atoms with E-state index in [9.17, 15) is 0 Å². The first-order valence-corrected chi connectivity index (χ1v) is 13.7. The smallest absolute Gasteiger partial charge is 0.118 e. The molecule has 0 N–H and O–H groups in total. The lowest BCUT2D eigenvalue weighted by atomic mass is 10.0. The van der Waals surface area contributed by atoms with Crippen LogP contribution in [0, 0.1) is 0 Å². The van der Waals surface area contributed by atoms with Gasteiger partial charge < -0.3 is 4.74 Å². The van der Waals surface area contributed by atoms with Gasteiger partial charge in [-0.3, -0.25) is 0 Å². The largest absolute Gasteiger partial charge is 0.497 e. The Morgan fingerprint density at radius 2 is 1.44 bits per heavy atom. The van der Waals surface area contributed by atoms with E-state index in [-0.39, 0.29) is 0 Å². The fraction of sp³-hybridized carbons (Fsp3) is 0.600. The van der Waals surface area contributed by atoms with Crippen LogP contribution >= 0.6 is 0 Å². The monoisotopic (exact) mass is 386 g/mol. The number of rotatable bonds is 15. The molecule has 0 aliphatic heterocycles. The molecule has 0 aliphatic rings. The Balaban J connectivity index is 3.42. The summed E-state index contributed by atoms with van der Waals surface area (Å²) in [7, 11) is 0.197. The van der Waals surface area contributed by atoms with Crippen LogP contribution in [-0.4, -0.2) is 15.2 Å². The van der Waals surface area contributed by atoms with Gasteiger partial charge in [0.05, 0.1) is 15.2 Å². The van der Waals surface area contributed by atoms with Crippen molar-refractivity contribution in [2.24, 2.45) is 0 Å². The zero-order valence-corrected chi connectivity index (χ0v) is 19.4. The summed E-state index contributed by atoms with van der Waals surface area (Å²) in [6.45, 7) is 15.6. The van der Waals surface area contributed by atoms with Crippen LogP contribution in [0.25, 0.3) is 0 Å². The molecular formula is C25H42OSi. The molecule has 0 heterocycles. The molecule has 0 saturated carbocycles. The van der Waals surface area contributed by atoms with E-state index in [0.717, 1.165) is 12.2 Å². The molecule has 0 bridgehead atoms. The highest BCUT2D eigenvalue weighted by molar-refractivity contribution is 6.81. The minimum absolute atomic E-state index is 0.533. The quantitative estimate of drug-likeness (QED) is 0.217. The van der Waals surface area contributed by atoms with Crippen molar-refractivity contribution < 1.29 is 4.74 Å². The molecule has 0 fully saturated rings. The molecule has 1 nitrogen and oxygen atoms in total. The predicted octanol–water partition coefficient (Wildman–Crippen LogP) is 8.30. The Morgan fingerprint density at radius 3 is 1.81 bits per heavy atom. The van der Waals surface area contributed by atoms with Crippen molar-refractivity contribution >= 4 is 8.07 Å². The number of benzene rings is 1. The number of allylic oxidation sites excluding steroid dienone is 2. The number of hydrogen-bond acceptors (Lipinski definition) is 1. The van der Waals surface area contributed by atoms with Crippen LogP contribution in [0.5, 0.6) is 5.75 Å². The van der Waals surface area contributed by atoms with E-state index >= 15 is 0 Å². The maximum absolute atomic E-state index is 5.41. The van der Waals surface area contributed by atoms with Crippen LogP contribution in [-0.2, 0) is 0 Å². The molecule has 1 aromatic rings. The van der Waals surface area contributed by atoms with Crippen molar-refractivity contribution in [1.29, 1.82) is 0 Å². The molecule has 0 amide bonds. The fourth-order valence-electron chi connectivity index (χ4n) is 4.52. The van der Waals surface area contributed by atoms with Gasteiger partial charge in [0.2, 0.25) is 0 Å². The van der Waals surface area contributed by atoms with Gasteiger partial charge in [0.1, 0.15) is 5.75 Å². The third-order valence-electron chi connectivity index (χ3n) is 5.96. The lowest BCUT2D eigenvalue weighted by Gasteiger charge is -2.41. The zero-order chi connectivity index (χ0) is 20.1. The Hall–Kier alpha value is -1.28. The van der Waals surface area contributed by atoms with E-state index in [1.165, 1.54) is 67.8 Å². The molecule has 1 unspecified atom stereocenters. The van der Waals surface area contributed by atoms with Crippen LogP contribution < -0.4 is 4.74 Å². The fourth-order valence-corrected chi connectivity index (χ4v) is 11.2. The topological polar surface area (TPSA) is 9.23 Å². The zero-order valence-electron chi connectivity index (χ0n) is 18.4. The molecule has 1 aromatic carbocycles. The van der Waals surface area contributed by atoms with Gasteiger partial charge in [0.25, 0.3) is 0 Å². The molecular weight excluding hydrogens is 344 g/mol. The molecule has 0 saturated heterocycles. The molecule has 0 radical (unpaired) electrons. The van der Waals surface area contributed by atoms with Crippen LogP contribution in [0.1, 0.15) is 76.8 Å². The summed E-state index contributed by atoms with van der Waals surface area (Å²) in [5.41, 5.74) is 3.37. The highest BCUT2D eigenvalue weighted by Gasteiger charge is 2.41. The van der Waals surface area contributed by atoms with Crippen molar-refractivity contribution in [3.8, 4) is 5.75 Å². The minimum Gasteiger partial charge on any atom is -0.497 e. The lowest BCUT2D eigenvalue weighted by Crippen LogP contribution is -2.42. The highest BCUT2D eigenvalue weighted by atomic mass is 28.3. The average Bonchev–Trinajstić information content (AvgIpc) is 2.69. The van der Waals surface area contributed by atoms with Crippen LogP contribution in [0.2, 0.25) is 18.1 Å². The van der Waals surface area contributed by atoms with E-state index in [4.69, 9.17) is 4.74 Å². The first-order chi connectivity index (χ1) is 13.1. The molecule has 2 heteroatoms. The normalized spacial score (nSPS) is 12.6. The lowest BCUT2D eigenvalue weighted by molar-refractivity contribution is 0.414. The molecule has 0 aliphatic carbocycles. The molecule has 1 rings (SSSR count). The van der Waals surface area contributed by atoms with Gasteiger partial charge in [-0.2, -0.15) is 0 Å². The summed E-state index contributed by atoms with van der Waals surface area (Å²) >= 11 is 0. The molecule has 0 aromatic heterocycles. The Morgan fingerprint density at radius 1 is 0.963 bits per heavy atom. The Labute approximate surface area is 169 Å². The van der Waals surface area contributed by atoms with E-state index in [0.29, 0.717) is 5.54 Å². The van der Waals surface area contributed by atoms with Crippen LogP contribution in [0.4, 0.5) is 0 Å². The van der Waals surface area contributed by atoms with Gasteiger partial charge in [0, 0.05) is 5.54 Å². The third-order valence-corrected chi connectivity index (χ3v) is 12.0. The van der Waals surface area contributed by atoms with Crippen molar-refractivity contribution in [3.05, 3.63) is 54.6 Å². The van der Waals surface area contributed by atoms with Crippen LogP contribution in [0.15, 0.2) is 49.1 Å². The van der Waals surface area contributed by atoms with Gasteiger partial charge in [-0.05, 0) is 24.1 Å². The predicted molar refractivity (Wildman–Crippen MR) is 125 cm³/mol. The third kappa shape index (κ3) is 6.99. The minimum atomic E-state index is -1.54. The van der Waals surface area contributed by atoms with E-state index < -0.39 is 8.07 Å². The maximum Gasteiger partial charge on any atom is 0.118 e. The molecule has 0 spiro atoms. The summed E-state index contributed by atoms with van der Waals surface area (Å²) in [6, 6.07) is 13.1. The summed E-state index contributed by atoms with van der Waals surface area (Å²) in [5.74, 6) is 0.940. The Bertz CT molecular complexity index is 524. The van der Waals surface area contributed by atoms with Crippen molar-refractivity contribution in [2.45, 2.75) is 89.4 Å². The van der Waals surface area contributed by atoms with Crippen LogP contribution in [0.3, 0.4) is 0 Å². The van der Waals surface area contributed by atoms with E-state index in [2.05, 4.69) is 58.2 Å². The maximum atomic E-state index is 5.41. The number of methoxy groups -OCH3 is 1. The van der Waals surface area contributed by atoms with Crippen molar-refractivity contribution in [2.75, 3.05) is 7.11 Å². The first-order valence-electron chi connectivity index (χ1n) is 11.0. The summed E-state index contributed by atoms with van der Waals surface area (Å²) in [4.78, 5) is 0. The van der Waals surface area contributed by atoms with Crippen molar-refractivity contribution in [3.63, 3.8) is 0 Å². The van der Waals surface area contributed by atoms with Gasteiger partial charge in [-0.15, -0.1) is 6.58 Å². The number of unbranched alkanes of at least 4 members (excludes halogenated alkanes) is 3. The SMILES string of the molecule is C=CCC(=C)C(c1ccc(OC)cc1)[Si](CCCC)(CCCC)CCCC. The van der Waals surface area contributed by atoms with Gasteiger partial charge in [0.15, 0.2) is 0 Å². The summed E-state index contributed by atoms with van der Waals surface area (Å²) in [6.07, 6.45) is 10.9. The molecule has 152 valence electrons. The van der Waals surface area contributed by atoms with Gasteiger partial charge in [-0.1, -0.05) is 108 Å². The average molecular weight is 387 g/mol. The second-order valence-electron chi connectivity index (χ2n) is 8.03. The van der Waals surface area contributed by atoms with Gasteiger partial charge >= 0.3 is 0 Å². The van der Waals surface area contributed by atoms with Crippen molar-refractivity contribution in [1.82, 2.24) is 0 Å². The second-order valence-corrected chi connectivity index (χ2v) is 12.8. The number of ether oxygens (including phenoxy) is 1. The highest BCUT2D eigenvalue weighted by Crippen LogP contribution is 2.45. The Kier molecular flexibility index (Phi) is 11.4. The second kappa shape index (κ2) is 13.0. The van der Waals surface area contributed by atoms with E-state index in [1.807, 2.05) is 6.08 Å². The first kappa shape index (κ1) is 23.8. The number of hydrogen-bond donors (Lipinski definition) is 0. The molecule has 1 atom stereocenters. The summed E-state index contributed by atoms with van der Waals surface area (Å²) < 4.78 is 5.41. The standard InChI is InChI=1S/C25H42OSi/c1-7-11-19-27(20-12-8-2,21-13-9-3)25(22(5)14-10-4)23-15-17-24(26-6)18-16-23/h10,15-18,25H,4-5,7-9,11-14,19-21H2,1-3,6H3.